The molecule has 1 aliphatic rings. The molecule has 0 heterocycles. The Bertz CT molecular complexity index is 646. The predicted octanol–water partition coefficient (Wildman–Crippen LogP) is 4.12. The number of rotatable bonds is 3. The van der Waals surface area contributed by atoms with Crippen molar-refractivity contribution in [2.75, 3.05) is 0 Å². The van der Waals surface area contributed by atoms with Crippen LogP contribution in [0.5, 0.6) is 5.75 Å². The molecule has 6 heteroatoms. The van der Waals surface area contributed by atoms with Gasteiger partial charge in [0.05, 0.1) is 3.57 Å². The van der Waals surface area contributed by atoms with Crippen LogP contribution in [0.3, 0.4) is 0 Å². The predicted molar refractivity (Wildman–Crippen MR) is 97.1 cm³/mol. The maximum atomic E-state index is 12.2. The van der Waals surface area contributed by atoms with Crippen molar-refractivity contribution >= 4 is 50.5 Å². The van der Waals surface area contributed by atoms with Crippen LogP contribution in [0.1, 0.15) is 37.7 Å². The number of aromatic hydroxyl groups is 1. The summed E-state index contributed by atoms with van der Waals surface area (Å²) in [6, 6.07) is 5.52. The number of nitriles is 1. The van der Waals surface area contributed by atoms with Crippen molar-refractivity contribution in [3.63, 3.8) is 0 Å². The lowest BCUT2D eigenvalue weighted by Crippen LogP contribution is -2.36. The van der Waals surface area contributed by atoms with Crippen molar-refractivity contribution in [3.8, 4) is 11.8 Å². The number of halogens is 2. The second-order valence-electron chi connectivity index (χ2n) is 5.30. The largest absolute Gasteiger partial charge is 0.506 e. The van der Waals surface area contributed by atoms with E-state index in [-0.39, 0.29) is 23.3 Å². The number of carbonyl (C=O) groups is 1. The van der Waals surface area contributed by atoms with Crippen LogP contribution in [0.4, 0.5) is 0 Å². The highest BCUT2D eigenvalue weighted by molar-refractivity contribution is 14.1. The topological polar surface area (TPSA) is 73.1 Å². The molecule has 22 heavy (non-hydrogen) atoms. The average molecular weight is 475 g/mol. The highest BCUT2D eigenvalue weighted by Crippen LogP contribution is 2.30. The molecule has 1 aliphatic carbocycles. The van der Waals surface area contributed by atoms with Gasteiger partial charge in [0.25, 0.3) is 5.91 Å². The highest BCUT2D eigenvalue weighted by atomic mass is 127. The fourth-order valence-corrected chi connectivity index (χ4v) is 4.06. The fraction of sp³-hybridized carbons (Fsp3) is 0.375. The van der Waals surface area contributed by atoms with E-state index >= 15 is 0 Å². The van der Waals surface area contributed by atoms with Gasteiger partial charge in [-0.05, 0) is 53.6 Å². The summed E-state index contributed by atoms with van der Waals surface area (Å²) in [6.07, 6.45) is 6.79. The van der Waals surface area contributed by atoms with Gasteiger partial charge in [0.1, 0.15) is 17.4 Å². The van der Waals surface area contributed by atoms with Crippen LogP contribution < -0.4 is 5.32 Å². The molecule has 0 aliphatic heterocycles. The molecular formula is C16H16BrIN2O2. The van der Waals surface area contributed by atoms with Crippen molar-refractivity contribution in [3.05, 3.63) is 31.3 Å². The van der Waals surface area contributed by atoms with E-state index in [1.807, 2.05) is 28.7 Å². The molecular weight excluding hydrogens is 459 g/mol. The molecule has 1 aromatic carbocycles. The van der Waals surface area contributed by atoms with Gasteiger partial charge in [-0.15, -0.1) is 0 Å². The molecule has 0 unspecified atom stereocenters. The van der Waals surface area contributed by atoms with Crippen LogP contribution in [0.2, 0.25) is 0 Å². The van der Waals surface area contributed by atoms with Gasteiger partial charge in [0.2, 0.25) is 0 Å². The Labute approximate surface area is 151 Å². The molecule has 1 aromatic rings. The molecule has 1 amide bonds. The number of phenolic OH excluding ortho intramolecular Hbond substituents is 1. The van der Waals surface area contributed by atoms with E-state index in [9.17, 15) is 15.2 Å². The zero-order valence-corrected chi connectivity index (χ0v) is 15.6. The number of nitrogens with one attached hydrogen (secondary N) is 1. The Morgan fingerprint density at radius 1 is 1.41 bits per heavy atom. The number of nitrogens with zero attached hydrogens (tertiary/aromatic N) is 1. The van der Waals surface area contributed by atoms with Crippen molar-refractivity contribution in [2.45, 2.75) is 38.1 Å². The number of hydrogen-bond acceptors (Lipinski definition) is 3. The SMILES string of the molecule is N#C/C(=C\c1cc(Br)cc(I)c1O)C(=O)NC1CCCCC1. The first-order valence-corrected chi connectivity index (χ1v) is 8.99. The van der Waals surface area contributed by atoms with Crippen LogP contribution in [0.15, 0.2) is 22.2 Å². The Morgan fingerprint density at radius 2 is 2.09 bits per heavy atom. The average Bonchev–Trinajstić information content (AvgIpc) is 2.50. The summed E-state index contributed by atoms with van der Waals surface area (Å²) in [7, 11) is 0. The zero-order valence-electron chi connectivity index (χ0n) is 11.9. The summed E-state index contributed by atoms with van der Waals surface area (Å²) in [5, 5.41) is 22.2. The van der Waals surface area contributed by atoms with Gasteiger partial charge in [-0.1, -0.05) is 35.2 Å². The third-order valence-corrected chi connectivity index (χ3v) is 4.94. The normalized spacial score (nSPS) is 16.1. The van der Waals surface area contributed by atoms with Gasteiger partial charge in [0, 0.05) is 16.1 Å². The second kappa shape index (κ2) is 7.97. The number of amides is 1. The quantitative estimate of drug-likeness (QED) is 0.393. The molecule has 0 bridgehead atoms. The van der Waals surface area contributed by atoms with E-state index in [1.54, 1.807) is 12.1 Å². The van der Waals surface area contributed by atoms with Crippen LogP contribution in [-0.4, -0.2) is 17.1 Å². The zero-order chi connectivity index (χ0) is 16.1. The highest BCUT2D eigenvalue weighted by Gasteiger charge is 2.18. The maximum absolute atomic E-state index is 12.2. The summed E-state index contributed by atoms with van der Waals surface area (Å²) in [4.78, 5) is 12.2. The molecule has 0 spiro atoms. The minimum atomic E-state index is -0.371. The molecule has 1 saturated carbocycles. The molecule has 0 saturated heterocycles. The van der Waals surface area contributed by atoms with Crippen molar-refractivity contribution < 1.29 is 9.90 Å². The van der Waals surface area contributed by atoms with E-state index < -0.39 is 0 Å². The van der Waals surface area contributed by atoms with Gasteiger partial charge in [-0.2, -0.15) is 5.26 Å². The monoisotopic (exact) mass is 474 g/mol. The Hall–Kier alpha value is -1.07. The van der Waals surface area contributed by atoms with Crippen molar-refractivity contribution in [1.82, 2.24) is 5.32 Å². The van der Waals surface area contributed by atoms with E-state index in [0.29, 0.717) is 9.13 Å². The van der Waals surface area contributed by atoms with Crippen LogP contribution >= 0.6 is 38.5 Å². The number of hydrogen-bond donors (Lipinski definition) is 2. The van der Waals surface area contributed by atoms with E-state index in [2.05, 4.69) is 21.2 Å². The standard InChI is InChI=1S/C16H16BrIN2O2/c17-12-7-10(15(21)14(18)8-12)6-11(9-19)16(22)20-13-4-2-1-3-5-13/h6-8,13,21H,1-5H2,(H,20,22)/b11-6+. The summed E-state index contributed by atoms with van der Waals surface area (Å²) in [6.45, 7) is 0. The molecule has 0 atom stereocenters. The van der Waals surface area contributed by atoms with Gasteiger partial charge < -0.3 is 10.4 Å². The molecule has 0 aromatic heterocycles. The third-order valence-electron chi connectivity index (χ3n) is 3.66. The Kier molecular flexibility index (Phi) is 6.26. The number of carbonyl (C=O) groups excluding carboxylic acids is 1. The fourth-order valence-electron chi connectivity index (χ4n) is 2.51. The first-order chi connectivity index (χ1) is 10.5. The molecule has 0 radical (unpaired) electrons. The van der Waals surface area contributed by atoms with Gasteiger partial charge >= 0.3 is 0 Å². The Balaban J connectivity index is 2.20. The van der Waals surface area contributed by atoms with Gasteiger partial charge in [-0.3, -0.25) is 4.79 Å². The lowest BCUT2D eigenvalue weighted by molar-refractivity contribution is -0.117. The lowest BCUT2D eigenvalue weighted by Gasteiger charge is -2.22. The Morgan fingerprint density at radius 3 is 2.73 bits per heavy atom. The molecule has 116 valence electrons. The van der Waals surface area contributed by atoms with Crippen LogP contribution in [0.25, 0.3) is 6.08 Å². The minimum absolute atomic E-state index is 0.00905. The summed E-state index contributed by atoms with van der Waals surface area (Å²) in [5.74, 6) is -0.300. The van der Waals surface area contributed by atoms with Gasteiger partial charge in [-0.25, -0.2) is 0 Å². The first kappa shape index (κ1) is 17.3. The molecule has 1 fully saturated rings. The summed E-state index contributed by atoms with van der Waals surface area (Å²) < 4.78 is 1.44. The van der Waals surface area contributed by atoms with E-state index in [1.165, 1.54) is 12.5 Å². The van der Waals surface area contributed by atoms with E-state index in [4.69, 9.17) is 0 Å². The smallest absolute Gasteiger partial charge is 0.262 e. The first-order valence-electron chi connectivity index (χ1n) is 7.12. The number of phenols is 1. The summed E-state index contributed by atoms with van der Waals surface area (Å²) >= 11 is 5.35. The second-order valence-corrected chi connectivity index (χ2v) is 7.38. The van der Waals surface area contributed by atoms with Crippen LogP contribution in [-0.2, 0) is 4.79 Å². The minimum Gasteiger partial charge on any atom is -0.506 e. The third kappa shape index (κ3) is 4.46. The van der Waals surface area contributed by atoms with E-state index in [0.717, 1.165) is 30.2 Å². The van der Waals surface area contributed by atoms with Crippen molar-refractivity contribution in [1.29, 1.82) is 5.26 Å². The molecule has 4 nitrogen and oxygen atoms in total. The molecule has 2 N–H and O–H groups in total. The van der Waals surface area contributed by atoms with Gasteiger partial charge in [0.15, 0.2) is 0 Å². The summed E-state index contributed by atoms with van der Waals surface area (Å²) in [5.41, 5.74) is 0.462. The molecule has 2 rings (SSSR count). The lowest BCUT2D eigenvalue weighted by atomic mass is 9.95. The van der Waals surface area contributed by atoms with Crippen molar-refractivity contribution in [2.24, 2.45) is 0 Å². The number of benzene rings is 1. The maximum Gasteiger partial charge on any atom is 0.262 e. The van der Waals surface area contributed by atoms with Crippen LogP contribution in [0, 0.1) is 14.9 Å².